The van der Waals surface area contributed by atoms with Crippen LogP contribution in [-0.4, -0.2) is 54.0 Å². The van der Waals surface area contributed by atoms with Crippen molar-refractivity contribution in [2.24, 2.45) is 0 Å². The largest absolute Gasteiger partial charge is 2.00 e. The number of imidazole rings is 2. The molecule has 0 fully saturated rings. The number of rotatable bonds is 4. The molecule has 0 spiro atoms. The molecule has 15 heteroatoms. The summed E-state index contributed by atoms with van der Waals surface area (Å²) >= 11 is 0. The molecule has 0 aliphatic carbocycles. The third-order valence-electron chi connectivity index (χ3n) is 2.09. The number of hydrogen-bond donors (Lipinski definition) is 4. The Bertz CT molecular complexity index is 620. The maximum atomic E-state index is 10.2. The summed E-state index contributed by atoms with van der Waals surface area (Å²) < 4.78 is 0. The maximum Gasteiger partial charge on any atom is 2.00 e. The third-order valence-corrected chi connectivity index (χ3v) is 2.09. The molecule has 14 nitrogen and oxygen atoms in total. The number of hydrogen-bond acceptors (Lipinski definition) is 8. The van der Waals surface area contributed by atoms with Gasteiger partial charge in [0.05, 0.1) is 24.6 Å². The summed E-state index contributed by atoms with van der Waals surface area (Å²) in [5.74, 6) is -5.96. The van der Waals surface area contributed by atoms with Gasteiger partial charge in [0.15, 0.2) is 11.4 Å². The zero-order valence-corrected chi connectivity index (χ0v) is 13.1. The average molecular weight is 403 g/mol. The molecule has 2 heterocycles. The van der Waals surface area contributed by atoms with Crippen molar-refractivity contribution < 1.29 is 67.6 Å². The maximum absolute atomic E-state index is 10.2. The van der Waals surface area contributed by atoms with Gasteiger partial charge in [-0.05, 0) is 0 Å². The Morgan fingerprint density at radius 2 is 1.08 bits per heavy atom. The quantitative estimate of drug-likeness (QED) is 0.279. The molecule has 2 aromatic rings. The topological polar surface area (TPSA) is 278 Å². The first-order chi connectivity index (χ1) is 10.3. The van der Waals surface area contributed by atoms with Gasteiger partial charge in [-0.3, -0.25) is 0 Å². The molecule has 2 rings (SSSR count). The van der Waals surface area contributed by atoms with Crippen LogP contribution >= 0.6 is 0 Å². The summed E-state index contributed by atoms with van der Waals surface area (Å²) in [5, 5.41) is 36.9. The van der Waals surface area contributed by atoms with E-state index < -0.39 is 46.7 Å². The molecule has 25 heavy (non-hydrogen) atoms. The Kier molecular flexibility index (Phi) is 12.0. The van der Waals surface area contributed by atoms with Gasteiger partial charge in [0.2, 0.25) is 0 Å². The minimum Gasteiger partial charge on any atom is -0.543 e. The predicted molar refractivity (Wildman–Crippen MR) is 69.5 cm³/mol. The number of aromatic amines is 2. The number of nitrogens with zero attached hydrogens (tertiary/aromatic N) is 2. The summed E-state index contributed by atoms with van der Waals surface area (Å²) in [4.78, 5) is 51.5. The molecule has 0 bridgehead atoms. The second-order valence-electron chi connectivity index (χ2n) is 3.44. The van der Waals surface area contributed by atoms with E-state index in [9.17, 15) is 29.4 Å². The van der Waals surface area contributed by atoms with Gasteiger partial charge in [-0.15, -0.1) is 0 Å². The van der Waals surface area contributed by atoms with Crippen molar-refractivity contribution in [2.45, 2.75) is 0 Å². The summed E-state index contributed by atoms with van der Waals surface area (Å²) in [6.45, 7) is 0. The van der Waals surface area contributed by atoms with Gasteiger partial charge in [-0.25, -0.2) is 19.6 Å². The van der Waals surface area contributed by atoms with Crippen molar-refractivity contribution >= 4 is 23.9 Å². The second kappa shape index (κ2) is 11.3. The third kappa shape index (κ3) is 6.79. The van der Waals surface area contributed by atoms with Crippen molar-refractivity contribution in [3.8, 4) is 0 Å². The fourth-order valence-corrected chi connectivity index (χ4v) is 1.22. The van der Waals surface area contributed by atoms with E-state index in [0.717, 1.165) is 12.7 Å². The zero-order valence-electron chi connectivity index (χ0n) is 11.9. The van der Waals surface area contributed by atoms with E-state index in [1.54, 1.807) is 0 Å². The van der Waals surface area contributed by atoms with E-state index in [1.165, 1.54) is 0 Å². The Hall–Kier alpha value is -3.26. The smallest absolute Gasteiger partial charge is 0.543 e. The number of carbonyl (C=O) groups is 4. The first-order valence-electron chi connectivity index (χ1n) is 5.21. The monoisotopic (exact) mass is 403 g/mol. The van der Waals surface area contributed by atoms with Gasteiger partial charge >= 0.3 is 29.0 Å². The molecule has 0 aromatic carbocycles. The van der Waals surface area contributed by atoms with Crippen molar-refractivity contribution in [3.63, 3.8) is 0 Å². The van der Waals surface area contributed by atoms with Crippen molar-refractivity contribution in [2.75, 3.05) is 0 Å². The van der Waals surface area contributed by atoms with Crippen molar-refractivity contribution in [1.29, 1.82) is 0 Å². The zero-order chi connectivity index (χ0) is 16.9. The van der Waals surface area contributed by atoms with Crippen LogP contribution in [0.1, 0.15) is 42.0 Å². The molecule has 0 unspecified atom stereocenters. The number of aromatic nitrogens is 4. The normalized spacial score (nSPS) is 8.32. The van der Waals surface area contributed by atoms with Crippen LogP contribution in [0.15, 0.2) is 12.7 Å². The fourth-order valence-electron chi connectivity index (χ4n) is 1.22. The summed E-state index contributed by atoms with van der Waals surface area (Å²) in [7, 11) is 0. The summed E-state index contributed by atoms with van der Waals surface area (Å²) in [5.41, 5.74) is -2.11. The van der Waals surface area contributed by atoms with Crippen LogP contribution in [0.5, 0.6) is 0 Å². The molecular weight excluding hydrogens is 391 g/mol. The number of H-pyrrole nitrogens is 2. The molecule has 1 radical (unpaired) electrons. The summed E-state index contributed by atoms with van der Waals surface area (Å²) in [6.07, 6.45) is 1.96. The Labute approximate surface area is 147 Å². The summed E-state index contributed by atoms with van der Waals surface area (Å²) in [6, 6.07) is 0. The van der Waals surface area contributed by atoms with Gasteiger partial charge in [0.25, 0.3) is 0 Å². The van der Waals surface area contributed by atoms with Crippen LogP contribution in [-0.2, 0) is 28.0 Å². The molecule has 0 saturated carbocycles. The van der Waals surface area contributed by atoms with Gasteiger partial charge in [0.1, 0.15) is 11.4 Å². The minimum atomic E-state index is -1.61. The molecule has 0 aliphatic rings. The Morgan fingerprint density at radius 1 is 0.800 bits per heavy atom. The van der Waals surface area contributed by atoms with E-state index in [1.807, 2.05) is 0 Å². The molecule has 0 saturated heterocycles. The van der Waals surface area contributed by atoms with Gasteiger partial charge in [-0.2, -0.15) is 0 Å². The van der Waals surface area contributed by atoms with E-state index in [4.69, 9.17) is 10.2 Å². The number of carboxylic acid groups (broad SMARTS) is 4. The number of aromatic carboxylic acids is 4. The predicted octanol–water partition coefficient (Wildman–Crippen LogP) is -4.90. The van der Waals surface area contributed by atoms with E-state index >= 15 is 0 Å². The molecule has 137 valence electrons. The fraction of sp³-hybridized carbons (Fsp3) is 0. The van der Waals surface area contributed by atoms with Crippen molar-refractivity contribution in [3.05, 3.63) is 35.4 Å². The van der Waals surface area contributed by atoms with E-state index in [-0.39, 0.29) is 28.0 Å². The molecule has 10 N–H and O–H groups in total. The first kappa shape index (κ1) is 26.6. The number of nitrogens with one attached hydrogen (secondary N) is 2. The molecule has 0 aliphatic heterocycles. The first-order valence-corrected chi connectivity index (χ1v) is 5.21. The van der Waals surface area contributed by atoms with Gasteiger partial charge < -0.3 is 50.9 Å². The van der Waals surface area contributed by atoms with Gasteiger partial charge in [-0.1, -0.05) is 0 Å². The Balaban J connectivity index is -0.000000346. The minimum absolute atomic E-state index is 0. The van der Waals surface area contributed by atoms with E-state index in [0.29, 0.717) is 0 Å². The molecule has 2 aromatic heterocycles. The van der Waals surface area contributed by atoms with Crippen LogP contribution < -0.4 is 10.2 Å². The van der Waals surface area contributed by atoms with Crippen LogP contribution in [0.3, 0.4) is 0 Å². The van der Waals surface area contributed by atoms with E-state index in [2.05, 4.69) is 19.9 Å². The van der Waals surface area contributed by atoms with Gasteiger partial charge in [0, 0.05) is 0 Å². The van der Waals surface area contributed by atoms with Crippen LogP contribution in [0.2, 0.25) is 0 Å². The van der Waals surface area contributed by atoms with Crippen LogP contribution in [0.25, 0.3) is 0 Å². The average Bonchev–Trinajstić information content (AvgIpc) is 3.08. The number of carboxylic acids is 4. The van der Waals surface area contributed by atoms with Crippen LogP contribution in [0.4, 0.5) is 0 Å². The molecule has 0 atom stereocenters. The molecular formula is C10H12MnN4O10+2. The van der Waals surface area contributed by atoms with Crippen LogP contribution in [0, 0.1) is 0 Å². The Morgan fingerprint density at radius 3 is 1.24 bits per heavy atom. The molecule has 0 amide bonds. The van der Waals surface area contributed by atoms with Crippen molar-refractivity contribution in [1.82, 2.24) is 19.9 Å². The second-order valence-corrected chi connectivity index (χ2v) is 3.44. The SMILES string of the molecule is O=C([O-])c1nc[nH]c1C(=O)O.O=C([O-])c1nc[nH]c1C(=O)O.[Mn+2].[OH3+].[OH3+]. The standard InChI is InChI=1S/2C5H4N2O4.Mn.2H2O/c2*8-4(9)2-3(5(10)11)7-1-6-2;;;/h2*1H,(H,6,7)(H,8,9)(H,10,11);;2*1H2/q;;+2;;. The number of carbonyl (C=O) groups excluding carboxylic acids is 2.